The van der Waals surface area contributed by atoms with E-state index in [-0.39, 0.29) is 11.5 Å². The van der Waals surface area contributed by atoms with E-state index in [0.29, 0.717) is 50.9 Å². The summed E-state index contributed by atoms with van der Waals surface area (Å²) < 4.78 is 5.09. The number of anilines is 1. The monoisotopic (exact) mass is 428 g/mol. The van der Waals surface area contributed by atoms with Crippen molar-refractivity contribution in [1.29, 1.82) is 0 Å². The number of aromatic nitrogens is 2. The number of rotatable bonds is 7. The first kappa shape index (κ1) is 21.7. The van der Waals surface area contributed by atoms with Crippen molar-refractivity contribution >= 4 is 39.1 Å². The molecular weight excluding hydrogens is 404 g/mol. The van der Waals surface area contributed by atoms with Crippen molar-refractivity contribution < 1.29 is 14.3 Å². The van der Waals surface area contributed by atoms with Gasteiger partial charge in [0.2, 0.25) is 0 Å². The number of aryl methyl sites for hydroxylation is 1. The fraction of sp³-hybridized carbons (Fsp3) is 0.333. The van der Waals surface area contributed by atoms with Gasteiger partial charge in [-0.15, -0.1) is 11.3 Å². The first-order valence-corrected chi connectivity index (χ1v) is 10.4. The van der Waals surface area contributed by atoms with Crippen LogP contribution in [0, 0.1) is 6.92 Å². The van der Waals surface area contributed by atoms with Crippen LogP contribution in [0.3, 0.4) is 0 Å². The van der Waals surface area contributed by atoms with Crippen LogP contribution in [0.2, 0.25) is 0 Å². The third-order valence-electron chi connectivity index (χ3n) is 4.34. The van der Waals surface area contributed by atoms with Crippen molar-refractivity contribution in [1.82, 2.24) is 14.9 Å². The molecule has 0 unspecified atom stereocenters. The minimum atomic E-state index is -0.395. The molecule has 0 spiro atoms. The molecule has 0 saturated heterocycles. The van der Waals surface area contributed by atoms with E-state index < -0.39 is 5.97 Å². The minimum Gasteiger partial charge on any atom is -0.462 e. The van der Waals surface area contributed by atoms with E-state index in [2.05, 4.69) is 15.3 Å². The molecule has 3 aromatic rings. The highest BCUT2D eigenvalue weighted by Crippen LogP contribution is 2.28. The Morgan fingerprint density at radius 2 is 1.93 bits per heavy atom. The summed E-state index contributed by atoms with van der Waals surface area (Å²) in [6.45, 7) is 4.53. The molecule has 2 heterocycles. The fourth-order valence-electron chi connectivity index (χ4n) is 2.94. The fourth-order valence-corrected chi connectivity index (χ4v) is 4.03. The molecule has 3 rings (SSSR count). The van der Waals surface area contributed by atoms with E-state index in [4.69, 9.17) is 4.74 Å². The Kier molecular flexibility index (Phi) is 6.63. The Hall–Kier alpha value is -3.04. The Balaban J connectivity index is 1.81. The molecule has 0 aliphatic carbocycles. The van der Waals surface area contributed by atoms with Gasteiger partial charge in [-0.1, -0.05) is 6.92 Å². The normalized spacial score (nSPS) is 11.1. The van der Waals surface area contributed by atoms with Crippen molar-refractivity contribution in [2.24, 2.45) is 0 Å². The van der Waals surface area contributed by atoms with Crippen LogP contribution in [0.15, 0.2) is 29.1 Å². The summed E-state index contributed by atoms with van der Waals surface area (Å²) in [4.78, 5) is 47.3. The van der Waals surface area contributed by atoms with E-state index in [1.54, 1.807) is 31.2 Å². The number of nitrogens with one attached hydrogen (secondary N) is 2. The molecule has 0 aliphatic rings. The highest BCUT2D eigenvalue weighted by Gasteiger charge is 2.20. The molecule has 2 aromatic heterocycles. The molecule has 8 nitrogen and oxygen atoms in total. The third-order valence-corrected chi connectivity index (χ3v) is 5.52. The summed E-state index contributed by atoms with van der Waals surface area (Å²) in [5, 5.41) is 3.24. The molecule has 0 fully saturated rings. The van der Waals surface area contributed by atoms with Crippen molar-refractivity contribution in [3.05, 3.63) is 56.4 Å². The molecule has 0 bridgehead atoms. The summed E-state index contributed by atoms with van der Waals surface area (Å²) in [7, 11) is 3.77. The molecule has 0 saturated carbocycles. The third kappa shape index (κ3) is 4.74. The highest BCUT2D eigenvalue weighted by molar-refractivity contribution is 7.20. The van der Waals surface area contributed by atoms with E-state index in [1.807, 2.05) is 25.9 Å². The molecule has 0 aliphatic heterocycles. The van der Waals surface area contributed by atoms with Gasteiger partial charge in [0.15, 0.2) is 0 Å². The zero-order valence-electron chi connectivity index (χ0n) is 17.4. The van der Waals surface area contributed by atoms with Crippen LogP contribution in [0.4, 0.5) is 5.69 Å². The Labute approximate surface area is 177 Å². The summed E-state index contributed by atoms with van der Waals surface area (Å²) in [5.41, 5.74) is 1.31. The molecule has 30 heavy (non-hydrogen) atoms. The average molecular weight is 429 g/mol. The topological polar surface area (TPSA) is 104 Å². The van der Waals surface area contributed by atoms with Gasteiger partial charge in [0.1, 0.15) is 10.7 Å². The van der Waals surface area contributed by atoms with Gasteiger partial charge in [0, 0.05) is 5.69 Å². The van der Waals surface area contributed by atoms with E-state index in [9.17, 15) is 14.4 Å². The van der Waals surface area contributed by atoms with Crippen molar-refractivity contribution in [2.45, 2.75) is 26.8 Å². The van der Waals surface area contributed by atoms with Crippen molar-refractivity contribution in [3.8, 4) is 0 Å². The largest absolute Gasteiger partial charge is 0.462 e. The van der Waals surface area contributed by atoms with Crippen LogP contribution < -0.4 is 10.9 Å². The number of benzene rings is 1. The number of carbonyl (C=O) groups is 2. The van der Waals surface area contributed by atoms with E-state index in [1.165, 1.54) is 11.3 Å². The summed E-state index contributed by atoms with van der Waals surface area (Å²) >= 11 is 1.19. The SMILES string of the molecule is CCCOC(=O)c1ccc(NC(=O)c2sc3nc(CN(C)C)[nH]c(=O)c3c2C)cc1. The zero-order valence-corrected chi connectivity index (χ0v) is 18.2. The van der Waals surface area contributed by atoms with Gasteiger partial charge in [-0.05, 0) is 57.3 Å². The number of carbonyl (C=O) groups excluding carboxylic acids is 2. The summed E-state index contributed by atoms with van der Waals surface area (Å²) in [6, 6.07) is 6.49. The van der Waals surface area contributed by atoms with Crippen molar-refractivity contribution in [2.75, 3.05) is 26.0 Å². The van der Waals surface area contributed by atoms with E-state index in [0.717, 1.165) is 6.42 Å². The molecule has 2 N–H and O–H groups in total. The lowest BCUT2D eigenvalue weighted by molar-refractivity contribution is 0.0505. The van der Waals surface area contributed by atoms with Gasteiger partial charge in [0.05, 0.1) is 29.0 Å². The summed E-state index contributed by atoms with van der Waals surface area (Å²) in [5.74, 6) is -0.171. The Bertz CT molecular complexity index is 1130. The number of H-pyrrole nitrogens is 1. The molecular formula is C21H24N4O4S. The van der Waals surface area contributed by atoms with Gasteiger partial charge in [-0.2, -0.15) is 0 Å². The Morgan fingerprint density at radius 3 is 2.57 bits per heavy atom. The molecule has 0 atom stereocenters. The average Bonchev–Trinajstić information content (AvgIpc) is 3.03. The number of hydrogen-bond acceptors (Lipinski definition) is 7. The standard InChI is InChI=1S/C21H24N4O4S/c1-5-10-29-21(28)13-6-8-14(9-7-13)22-19(27)17-12(2)16-18(26)23-15(11-25(3)4)24-20(16)30-17/h6-9H,5,10-11H2,1-4H3,(H,22,27)(H,23,24,26). The van der Waals surface area contributed by atoms with Crippen LogP contribution >= 0.6 is 11.3 Å². The number of thiophene rings is 1. The number of amides is 1. The van der Waals surface area contributed by atoms with Crippen molar-refractivity contribution in [3.63, 3.8) is 0 Å². The predicted octanol–water partition coefficient (Wildman–Crippen LogP) is 3.17. The second-order valence-electron chi connectivity index (χ2n) is 7.15. The maximum atomic E-state index is 12.8. The van der Waals surface area contributed by atoms with Crippen LogP contribution in [0.1, 0.15) is 44.8 Å². The smallest absolute Gasteiger partial charge is 0.338 e. The second-order valence-corrected chi connectivity index (χ2v) is 8.15. The Morgan fingerprint density at radius 1 is 1.23 bits per heavy atom. The van der Waals surface area contributed by atoms with Crippen LogP contribution in [0.25, 0.3) is 10.2 Å². The van der Waals surface area contributed by atoms with Gasteiger partial charge in [-0.3, -0.25) is 9.59 Å². The molecule has 9 heteroatoms. The maximum Gasteiger partial charge on any atom is 0.338 e. The lowest BCUT2D eigenvalue weighted by Gasteiger charge is -2.07. The predicted molar refractivity (Wildman–Crippen MR) is 117 cm³/mol. The van der Waals surface area contributed by atoms with Gasteiger partial charge in [-0.25, -0.2) is 9.78 Å². The molecule has 158 valence electrons. The maximum absolute atomic E-state index is 12.8. The quantitative estimate of drug-likeness (QED) is 0.560. The molecule has 0 radical (unpaired) electrons. The first-order chi connectivity index (χ1) is 14.3. The number of esters is 1. The van der Waals surface area contributed by atoms with Gasteiger partial charge in [0.25, 0.3) is 11.5 Å². The summed E-state index contributed by atoms with van der Waals surface area (Å²) in [6.07, 6.45) is 0.753. The number of nitrogens with zero attached hydrogens (tertiary/aromatic N) is 2. The zero-order chi connectivity index (χ0) is 21.8. The number of ether oxygens (including phenoxy) is 1. The first-order valence-electron chi connectivity index (χ1n) is 9.55. The van der Waals surface area contributed by atoms with Crippen LogP contribution in [0.5, 0.6) is 0 Å². The highest BCUT2D eigenvalue weighted by atomic mass is 32.1. The number of aromatic amines is 1. The van der Waals surface area contributed by atoms with E-state index >= 15 is 0 Å². The molecule has 1 aromatic carbocycles. The van der Waals surface area contributed by atoms with Crippen LogP contribution in [-0.2, 0) is 11.3 Å². The molecule has 1 amide bonds. The van der Waals surface area contributed by atoms with Gasteiger partial charge < -0.3 is 19.9 Å². The second kappa shape index (κ2) is 9.19. The van der Waals surface area contributed by atoms with Crippen LogP contribution in [-0.4, -0.2) is 47.4 Å². The number of fused-ring (bicyclic) bond motifs is 1. The van der Waals surface area contributed by atoms with Gasteiger partial charge >= 0.3 is 5.97 Å². The minimum absolute atomic E-state index is 0.250. The lowest BCUT2D eigenvalue weighted by atomic mass is 10.2. The number of hydrogen-bond donors (Lipinski definition) is 2. The lowest BCUT2D eigenvalue weighted by Crippen LogP contribution is -2.18.